The van der Waals surface area contributed by atoms with E-state index in [1.807, 2.05) is 18.2 Å². The topological polar surface area (TPSA) is 74.0 Å². The highest BCUT2D eigenvalue weighted by molar-refractivity contribution is 6.36. The van der Waals surface area contributed by atoms with Gasteiger partial charge in [0.15, 0.2) is 0 Å². The Kier molecular flexibility index (Phi) is 7.24. The smallest absolute Gasteiger partial charge is 0.326 e. The van der Waals surface area contributed by atoms with E-state index in [9.17, 15) is 9.18 Å². The van der Waals surface area contributed by atoms with E-state index in [0.717, 1.165) is 28.9 Å². The molecule has 0 saturated heterocycles. The third-order valence-corrected chi connectivity index (χ3v) is 7.01. The second-order valence-corrected chi connectivity index (χ2v) is 9.55. The molecule has 186 valence electrons. The fraction of sp³-hybridized carbons (Fsp3) is 0.179. The van der Waals surface area contributed by atoms with Gasteiger partial charge >= 0.3 is 6.03 Å². The van der Waals surface area contributed by atoms with E-state index >= 15 is 0 Å². The number of nitrogens with one attached hydrogen (secondary N) is 1. The molecule has 4 aromatic rings. The molecule has 1 N–H and O–H groups in total. The SMILES string of the molecule is N#Cc1ccc(C=CCN2CCc3c(c4c(Cl)c(F)ccc4n3C(=O)NCc3ccnc(Cl)c3)C2)cc1. The van der Waals surface area contributed by atoms with Crippen LogP contribution in [0.1, 0.15) is 27.9 Å². The fourth-order valence-electron chi connectivity index (χ4n) is 4.64. The zero-order chi connectivity index (χ0) is 25.9. The van der Waals surface area contributed by atoms with Gasteiger partial charge in [-0.25, -0.2) is 14.2 Å². The highest BCUT2D eigenvalue weighted by Crippen LogP contribution is 2.36. The van der Waals surface area contributed by atoms with Crippen LogP contribution in [-0.2, 0) is 19.5 Å². The number of carbonyl (C=O) groups excluding carboxylic acids is 1. The summed E-state index contributed by atoms with van der Waals surface area (Å²) in [5.74, 6) is -0.515. The van der Waals surface area contributed by atoms with Gasteiger partial charge in [-0.1, -0.05) is 47.5 Å². The van der Waals surface area contributed by atoms with Crippen molar-refractivity contribution in [3.05, 3.63) is 105 Å². The van der Waals surface area contributed by atoms with Crippen LogP contribution in [0.3, 0.4) is 0 Å². The highest BCUT2D eigenvalue weighted by atomic mass is 35.5. The van der Waals surface area contributed by atoms with Gasteiger partial charge in [0, 0.05) is 49.9 Å². The van der Waals surface area contributed by atoms with E-state index in [2.05, 4.69) is 27.3 Å². The second-order valence-electron chi connectivity index (χ2n) is 8.78. The Morgan fingerprint density at radius 3 is 2.76 bits per heavy atom. The largest absolute Gasteiger partial charge is 0.333 e. The summed E-state index contributed by atoms with van der Waals surface area (Å²) in [7, 11) is 0. The molecule has 3 heterocycles. The van der Waals surface area contributed by atoms with Crippen LogP contribution in [0.5, 0.6) is 0 Å². The molecule has 0 fully saturated rings. The predicted octanol–water partition coefficient (Wildman–Crippen LogP) is 6.18. The van der Waals surface area contributed by atoms with Crippen LogP contribution in [0.15, 0.2) is 60.8 Å². The van der Waals surface area contributed by atoms with Crippen LogP contribution in [0, 0.1) is 17.1 Å². The number of rotatable bonds is 5. The third kappa shape index (κ3) is 5.23. The number of fused-ring (bicyclic) bond motifs is 3. The molecular weight excluding hydrogens is 512 g/mol. The van der Waals surface area contributed by atoms with Gasteiger partial charge in [0.25, 0.3) is 0 Å². The number of hydrogen-bond acceptors (Lipinski definition) is 4. The van der Waals surface area contributed by atoms with E-state index in [0.29, 0.717) is 41.1 Å². The monoisotopic (exact) mass is 533 g/mol. The maximum Gasteiger partial charge on any atom is 0.326 e. The number of carbonyl (C=O) groups is 1. The standard InChI is InChI=1S/C28H22Cl2FN5O/c29-25-14-20(9-11-33-25)16-34-28(37)36-23-10-13-35(12-1-2-18-3-5-19(15-32)6-4-18)17-21(23)26-24(36)8-7-22(31)27(26)30/h1-9,11,14H,10,12-13,16-17H2,(H,34,37). The zero-order valence-corrected chi connectivity index (χ0v) is 21.2. The molecule has 0 bridgehead atoms. The van der Waals surface area contributed by atoms with Crippen molar-refractivity contribution < 1.29 is 9.18 Å². The minimum absolute atomic E-state index is 0.0243. The normalized spacial score (nSPS) is 13.6. The molecule has 2 aromatic heterocycles. The number of hydrogen-bond donors (Lipinski definition) is 1. The first-order valence-electron chi connectivity index (χ1n) is 11.7. The molecule has 2 aromatic carbocycles. The molecule has 0 saturated carbocycles. The average molecular weight is 534 g/mol. The number of pyridine rings is 1. The Bertz CT molecular complexity index is 1560. The van der Waals surface area contributed by atoms with Crippen molar-refractivity contribution in [3.63, 3.8) is 0 Å². The number of amides is 1. The molecule has 6 nitrogen and oxygen atoms in total. The van der Waals surface area contributed by atoms with Crippen molar-refractivity contribution in [1.82, 2.24) is 19.8 Å². The Morgan fingerprint density at radius 1 is 1.19 bits per heavy atom. The van der Waals surface area contributed by atoms with E-state index < -0.39 is 5.82 Å². The van der Waals surface area contributed by atoms with Gasteiger partial charge in [-0.2, -0.15) is 5.26 Å². The lowest BCUT2D eigenvalue weighted by Crippen LogP contribution is -2.34. The van der Waals surface area contributed by atoms with E-state index in [4.69, 9.17) is 28.5 Å². The first kappa shape index (κ1) is 25.0. The Labute approximate surface area is 223 Å². The summed E-state index contributed by atoms with van der Waals surface area (Å²) in [5.41, 5.74) is 4.72. The van der Waals surface area contributed by atoms with E-state index in [-0.39, 0.29) is 17.6 Å². The molecule has 0 aliphatic carbocycles. The molecule has 0 radical (unpaired) electrons. The van der Waals surface area contributed by atoms with Gasteiger partial charge in [0.2, 0.25) is 0 Å². The lowest BCUT2D eigenvalue weighted by molar-refractivity contribution is 0.240. The molecule has 0 atom stereocenters. The molecule has 1 aliphatic rings. The molecule has 5 rings (SSSR count). The Morgan fingerprint density at radius 2 is 2.00 bits per heavy atom. The quantitative estimate of drug-likeness (QED) is 0.310. The molecule has 0 unspecified atom stereocenters. The summed E-state index contributed by atoms with van der Waals surface area (Å²) in [6.45, 7) is 2.21. The summed E-state index contributed by atoms with van der Waals surface area (Å²) in [6, 6.07) is 15.5. The summed E-state index contributed by atoms with van der Waals surface area (Å²) in [6.07, 6.45) is 6.26. The zero-order valence-electron chi connectivity index (χ0n) is 19.7. The molecular formula is C28H22Cl2FN5O. The fourth-order valence-corrected chi connectivity index (χ4v) is 5.11. The molecule has 1 aliphatic heterocycles. The van der Waals surface area contributed by atoms with Crippen molar-refractivity contribution in [2.75, 3.05) is 13.1 Å². The van der Waals surface area contributed by atoms with Gasteiger partial charge in [-0.05, 0) is 53.1 Å². The van der Waals surface area contributed by atoms with Crippen molar-refractivity contribution in [2.45, 2.75) is 19.5 Å². The lowest BCUT2D eigenvalue weighted by Gasteiger charge is -2.27. The van der Waals surface area contributed by atoms with Crippen LogP contribution in [0.4, 0.5) is 9.18 Å². The number of aromatic nitrogens is 2. The minimum atomic E-state index is -0.515. The number of halogens is 3. The summed E-state index contributed by atoms with van der Waals surface area (Å²) in [4.78, 5) is 19.5. The number of nitriles is 1. The van der Waals surface area contributed by atoms with Gasteiger partial charge < -0.3 is 5.32 Å². The van der Waals surface area contributed by atoms with E-state index in [1.165, 1.54) is 6.07 Å². The van der Waals surface area contributed by atoms with E-state index in [1.54, 1.807) is 41.1 Å². The van der Waals surface area contributed by atoms with Crippen LogP contribution in [0.2, 0.25) is 10.2 Å². The van der Waals surface area contributed by atoms with Gasteiger partial charge in [-0.15, -0.1) is 0 Å². The Hall–Kier alpha value is -3.70. The van der Waals surface area contributed by atoms with Crippen LogP contribution >= 0.6 is 23.2 Å². The highest BCUT2D eigenvalue weighted by Gasteiger charge is 2.28. The maximum absolute atomic E-state index is 14.5. The number of nitrogens with zero attached hydrogens (tertiary/aromatic N) is 4. The molecule has 9 heteroatoms. The summed E-state index contributed by atoms with van der Waals surface area (Å²) < 4.78 is 16.1. The second kappa shape index (κ2) is 10.7. The lowest BCUT2D eigenvalue weighted by atomic mass is 10.0. The molecule has 37 heavy (non-hydrogen) atoms. The van der Waals surface area contributed by atoms with Gasteiger partial charge in [0.05, 0.1) is 22.2 Å². The Balaban J connectivity index is 1.39. The average Bonchev–Trinajstić information content (AvgIpc) is 3.24. The van der Waals surface area contributed by atoms with Crippen molar-refractivity contribution in [1.29, 1.82) is 5.26 Å². The van der Waals surface area contributed by atoms with Crippen molar-refractivity contribution in [3.8, 4) is 6.07 Å². The van der Waals surface area contributed by atoms with Crippen LogP contribution in [0.25, 0.3) is 17.0 Å². The van der Waals surface area contributed by atoms with Crippen molar-refractivity contribution in [2.24, 2.45) is 0 Å². The summed E-state index contributed by atoms with van der Waals surface area (Å²) >= 11 is 12.4. The van der Waals surface area contributed by atoms with Gasteiger partial charge in [-0.3, -0.25) is 9.47 Å². The van der Waals surface area contributed by atoms with Crippen LogP contribution < -0.4 is 5.32 Å². The van der Waals surface area contributed by atoms with Crippen LogP contribution in [-0.4, -0.2) is 33.6 Å². The minimum Gasteiger partial charge on any atom is -0.333 e. The van der Waals surface area contributed by atoms with Crippen molar-refractivity contribution >= 4 is 46.2 Å². The predicted molar refractivity (Wildman–Crippen MR) is 143 cm³/mol. The third-order valence-electron chi connectivity index (χ3n) is 6.43. The maximum atomic E-state index is 14.5. The molecule has 0 spiro atoms. The first-order chi connectivity index (χ1) is 17.9. The molecule has 1 amide bonds. The van der Waals surface area contributed by atoms with Gasteiger partial charge in [0.1, 0.15) is 11.0 Å². The number of benzene rings is 2. The summed E-state index contributed by atoms with van der Waals surface area (Å²) in [5, 5.41) is 12.8. The first-order valence-corrected chi connectivity index (χ1v) is 12.5.